The van der Waals surface area contributed by atoms with Crippen molar-refractivity contribution in [3.8, 4) is 0 Å². The highest BCUT2D eigenvalue weighted by molar-refractivity contribution is 5.97. The molecule has 0 radical (unpaired) electrons. The lowest BCUT2D eigenvalue weighted by Crippen LogP contribution is -2.44. The Labute approximate surface area is 143 Å². The van der Waals surface area contributed by atoms with Gasteiger partial charge in [-0.3, -0.25) is 9.78 Å². The van der Waals surface area contributed by atoms with Crippen LogP contribution < -0.4 is 0 Å². The molecule has 3 rings (SSSR count). The first kappa shape index (κ1) is 17.7. The second kappa shape index (κ2) is 6.65. The summed E-state index contributed by atoms with van der Waals surface area (Å²) in [6.45, 7) is 2.24. The zero-order valence-corrected chi connectivity index (χ0v) is 13.8. The fourth-order valence-corrected chi connectivity index (χ4v) is 3.92. The molecule has 25 heavy (non-hydrogen) atoms. The number of rotatable bonds is 3. The molecule has 5 nitrogen and oxygen atoms in total. The molecule has 8 heteroatoms. The van der Waals surface area contributed by atoms with Gasteiger partial charge in [0, 0.05) is 18.9 Å². The molecule has 1 saturated heterocycles. The summed E-state index contributed by atoms with van der Waals surface area (Å²) in [6.07, 6.45) is -0.0834. The van der Waals surface area contributed by atoms with Crippen LogP contribution in [0.3, 0.4) is 0 Å². The van der Waals surface area contributed by atoms with Crippen LogP contribution in [0.25, 0.3) is 0 Å². The number of nitrogens with zero attached hydrogens (tertiary/aromatic N) is 2. The molecule has 1 aromatic rings. The van der Waals surface area contributed by atoms with Crippen molar-refractivity contribution in [2.75, 3.05) is 13.2 Å². The van der Waals surface area contributed by atoms with E-state index >= 15 is 0 Å². The molecule has 136 valence electrons. The highest BCUT2D eigenvalue weighted by Gasteiger charge is 2.50. The first-order valence-electron chi connectivity index (χ1n) is 8.32. The SMILES string of the molecule is CCOC(=O)[C@@H]1[C@H]2CCC[C@H]2CN1C(=O)c1cncc(C(F)(F)F)c1. The van der Waals surface area contributed by atoms with Gasteiger partial charge in [0.2, 0.25) is 0 Å². The third-order valence-corrected chi connectivity index (χ3v) is 4.99. The fraction of sp³-hybridized carbons (Fsp3) is 0.588. The van der Waals surface area contributed by atoms with Crippen molar-refractivity contribution in [2.24, 2.45) is 11.8 Å². The fourth-order valence-electron chi connectivity index (χ4n) is 3.92. The maximum Gasteiger partial charge on any atom is 0.417 e. The van der Waals surface area contributed by atoms with E-state index in [4.69, 9.17) is 4.74 Å². The lowest BCUT2D eigenvalue weighted by atomic mass is 9.94. The van der Waals surface area contributed by atoms with Gasteiger partial charge in [-0.2, -0.15) is 13.2 Å². The van der Waals surface area contributed by atoms with Crippen LogP contribution in [0, 0.1) is 11.8 Å². The minimum absolute atomic E-state index is 0.0155. The number of likely N-dealkylation sites (tertiary alicyclic amines) is 1. The summed E-state index contributed by atoms with van der Waals surface area (Å²) < 4.78 is 43.7. The highest BCUT2D eigenvalue weighted by Crippen LogP contribution is 2.43. The van der Waals surface area contributed by atoms with Gasteiger partial charge in [0.1, 0.15) is 6.04 Å². The largest absolute Gasteiger partial charge is 0.464 e. The lowest BCUT2D eigenvalue weighted by molar-refractivity contribution is -0.149. The van der Waals surface area contributed by atoms with E-state index in [9.17, 15) is 22.8 Å². The number of carbonyl (C=O) groups excluding carboxylic acids is 2. The average molecular weight is 356 g/mol. The van der Waals surface area contributed by atoms with Gasteiger partial charge in [0.15, 0.2) is 0 Å². The summed E-state index contributed by atoms with van der Waals surface area (Å²) in [5, 5.41) is 0. The number of pyridine rings is 1. The molecule has 1 aliphatic carbocycles. The number of aromatic nitrogens is 1. The number of hydrogen-bond acceptors (Lipinski definition) is 4. The van der Waals surface area contributed by atoms with Gasteiger partial charge in [-0.25, -0.2) is 4.79 Å². The second-order valence-electron chi connectivity index (χ2n) is 6.47. The predicted octanol–water partition coefficient (Wildman–Crippen LogP) is 2.90. The topological polar surface area (TPSA) is 59.5 Å². The van der Waals surface area contributed by atoms with Gasteiger partial charge >= 0.3 is 12.1 Å². The van der Waals surface area contributed by atoms with Crippen molar-refractivity contribution >= 4 is 11.9 Å². The number of halogens is 3. The Balaban J connectivity index is 1.89. The molecule has 0 unspecified atom stereocenters. The third-order valence-electron chi connectivity index (χ3n) is 4.99. The smallest absolute Gasteiger partial charge is 0.417 e. The molecular formula is C17H19F3N2O3. The van der Waals surface area contributed by atoms with Gasteiger partial charge in [-0.15, -0.1) is 0 Å². The van der Waals surface area contributed by atoms with Gasteiger partial charge < -0.3 is 9.64 Å². The molecule has 1 amide bonds. The van der Waals surface area contributed by atoms with Crippen molar-refractivity contribution in [2.45, 2.75) is 38.4 Å². The number of carbonyl (C=O) groups is 2. The summed E-state index contributed by atoms with van der Waals surface area (Å²) in [5.41, 5.74) is -1.14. The van der Waals surface area contributed by atoms with Gasteiger partial charge in [-0.05, 0) is 37.7 Å². The summed E-state index contributed by atoms with van der Waals surface area (Å²) in [4.78, 5) is 30.0. The van der Waals surface area contributed by atoms with Crippen LogP contribution in [0.2, 0.25) is 0 Å². The average Bonchev–Trinajstić information content (AvgIpc) is 3.14. The van der Waals surface area contributed by atoms with E-state index in [2.05, 4.69) is 4.98 Å². The summed E-state index contributed by atoms with van der Waals surface area (Å²) in [5.74, 6) is -0.880. The number of amides is 1. The molecule has 0 N–H and O–H groups in total. The van der Waals surface area contributed by atoms with Gasteiger partial charge in [0.25, 0.3) is 5.91 Å². The number of ether oxygens (including phenoxy) is 1. The van der Waals surface area contributed by atoms with Crippen LogP contribution in [-0.2, 0) is 15.7 Å². The van der Waals surface area contributed by atoms with Crippen molar-refractivity contribution in [3.63, 3.8) is 0 Å². The Morgan fingerprint density at radius 2 is 2.08 bits per heavy atom. The van der Waals surface area contributed by atoms with Crippen LogP contribution in [-0.4, -0.2) is 41.0 Å². The second-order valence-corrected chi connectivity index (χ2v) is 6.47. The standard InChI is InChI=1S/C17H19F3N2O3/c1-2-25-16(24)14-13-5-3-4-10(13)9-22(14)15(23)11-6-12(8-21-7-11)17(18,19)20/h6-8,10,13-14H,2-5,9H2,1H3/t10-,13-,14-/m0/s1. The van der Waals surface area contributed by atoms with Crippen LogP contribution in [0.15, 0.2) is 18.5 Å². The quantitative estimate of drug-likeness (QED) is 0.782. The van der Waals surface area contributed by atoms with Crippen LogP contribution in [0.5, 0.6) is 0 Å². The molecule has 2 fully saturated rings. The van der Waals surface area contributed by atoms with Crippen LogP contribution in [0.1, 0.15) is 42.1 Å². The van der Waals surface area contributed by atoms with Crippen molar-refractivity contribution in [1.29, 1.82) is 0 Å². The monoisotopic (exact) mass is 356 g/mol. The molecule has 0 aromatic carbocycles. The molecular weight excluding hydrogens is 337 g/mol. The predicted molar refractivity (Wildman–Crippen MR) is 81.5 cm³/mol. The molecule has 0 spiro atoms. The molecule has 2 heterocycles. The van der Waals surface area contributed by atoms with E-state index in [0.717, 1.165) is 31.5 Å². The van der Waals surface area contributed by atoms with Gasteiger partial charge in [0.05, 0.1) is 17.7 Å². The zero-order valence-electron chi connectivity index (χ0n) is 13.8. The van der Waals surface area contributed by atoms with Gasteiger partial charge in [-0.1, -0.05) is 6.42 Å². The third kappa shape index (κ3) is 3.34. The molecule has 2 aliphatic rings. The summed E-state index contributed by atoms with van der Waals surface area (Å²) >= 11 is 0. The maximum atomic E-state index is 12.9. The van der Waals surface area contributed by atoms with E-state index in [0.29, 0.717) is 12.7 Å². The lowest BCUT2D eigenvalue weighted by Gasteiger charge is -2.26. The summed E-state index contributed by atoms with van der Waals surface area (Å²) in [6, 6.07) is 0.0561. The van der Waals surface area contributed by atoms with Crippen molar-refractivity contribution in [3.05, 3.63) is 29.6 Å². The number of hydrogen-bond donors (Lipinski definition) is 0. The van der Waals surface area contributed by atoms with Crippen LogP contribution in [0.4, 0.5) is 13.2 Å². The van der Waals surface area contributed by atoms with E-state index in [1.807, 2.05) is 0 Å². The minimum Gasteiger partial charge on any atom is -0.464 e. The first-order chi connectivity index (χ1) is 11.8. The molecule has 1 saturated carbocycles. The zero-order chi connectivity index (χ0) is 18.2. The maximum absolute atomic E-state index is 12.9. The van der Waals surface area contributed by atoms with Crippen molar-refractivity contribution in [1.82, 2.24) is 9.88 Å². The van der Waals surface area contributed by atoms with Crippen molar-refractivity contribution < 1.29 is 27.5 Å². The first-order valence-corrected chi connectivity index (χ1v) is 8.32. The Morgan fingerprint density at radius 1 is 1.32 bits per heavy atom. The minimum atomic E-state index is -4.58. The molecule has 0 bridgehead atoms. The Morgan fingerprint density at radius 3 is 2.76 bits per heavy atom. The number of fused-ring (bicyclic) bond motifs is 1. The molecule has 3 atom stereocenters. The van der Waals surface area contributed by atoms with Crippen LogP contribution >= 0.6 is 0 Å². The Kier molecular flexibility index (Phi) is 4.71. The van der Waals surface area contributed by atoms with E-state index in [1.54, 1.807) is 6.92 Å². The summed E-state index contributed by atoms with van der Waals surface area (Å²) in [7, 11) is 0. The number of esters is 1. The number of alkyl halides is 3. The Bertz CT molecular complexity index is 677. The van der Waals surface area contributed by atoms with E-state index in [-0.39, 0.29) is 24.0 Å². The molecule has 1 aliphatic heterocycles. The van der Waals surface area contributed by atoms with E-state index < -0.39 is 29.7 Å². The van der Waals surface area contributed by atoms with E-state index in [1.165, 1.54) is 4.90 Å². The highest BCUT2D eigenvalue weighted by atomic mass is 19.4. The molecule has 1 aromatic heterocycles. The normalized spacial score (nSPS) is 25.8. The Hall–Kier alpha value is -2.12.